The first-order chi connectivity index (χ1) is 13.7. The van der Waals surface area contributed by atoms with Crippen molar-refractivity contribution in [1.82, 2.24) is 4.98 Å². The van der Waals surface area contributed by atoms with Gasteiger partial charge < -0.3 is 9.15 Å². The number of rotatable bonds is 1. The second-order valence-electron chi connectivity index (χ2n) is 8.28. The van der Waals surface area contributed by atoms with Crippen molar-refractivity contribution >= 4 is 10.9 Å². The zero-order chi connectivity index (χ0) is 20.9. The summed E-state index contributed by atoms with van der Waals surface area (Å²) >= 11 is 0. The predicted molar refractivity (Wildman–Crippen MR) is 107 cm³/mol. The Morgan fingerprint density at radius 1 is 1.14 bits per heavy atom. The number of fused-ring (bicyclic) bond motifs is 3. The van der Waals surface area contributed by atoms with Crippen LogP contribution in [-0.2, 0) is 5.41 Å². The molecule has 4 rings (SSSR count). The van der Waals surface area contributed by atoms with E-state index < -0.39 is 17.5 Å². The minimum Gasteiger partial charge on any atom is -0.438 e. The van der Waals surface area contributed by atoms with Crippen LogP contribution in [0.1, 0.15) is 49.1 Å². The number of aryl methyl sites for hydroxylation is 1. The van der Waals surface area contributed by atoms with Crippen LogP contribution in [0.15, 0.2) is 39.5 Å². The average Bonchev–Trinajstić information content (AvgIpc) is 2.65. The van der Waals surface area contributed by atoms with Crippen molar-refractivity contribution in [1.29, 1.82) is 10.5 Å². The Morgan fingerprint density at radius 2 is 1.86 bits per heavy atom. The second kappa shape index (κ2) is 6.46. The summed E-state index contributed by atoms with van der Waals surface area (Å²) in [4.78, 5) is 17.2. The van der Waals surface area contributed by atoms with Gasteiger partial charge in [0.15, 0.2) is 0 Å². The van der Waals surface area contributed by atoms with E-state index in [0.717, 1.165) is 16.5 Å². The molecular weight excluding hydrogens is 366 g/mol. The van der Waals surface area contributed by atoms with E-state index in [1.165, 1.54) is 0 Å². The number of hydrogen-bond acceptors (Lipinski definition) is 6. The van der Waals surface area contributed by atoms with Gasteiger partial charge in [-0.3, -0.25) is 0 Å². The summed E-state index contributed by atoms with van der Waals surface area (Å²) < 4.78 is 11.2. The highest BCUT2D eigenvalue weighted by atomic mass is 16.5. The lowest BCUT2D eigenvalue weighted by Gasteiger charge is -2.27. The Labute approximate surface area is 168 Å². The van der Waals surface area contributed by atoms with Crippen LogP contribution in [0.3, 0.4) is 0 Å². The van der Waals surface area contributed by atoms with E-state index >= 15 is 0 Å². The summed E-state index contributed by atoms with van der Waals surface area (Å²) in [5, 5.41) is 20.0. The molecule has 0 saturated carbocycles. The minimum atomic E-state index is -1.08. The number of pyridine rings is 1. The molecule has 0 amide bonds. The second-order valence-corrected chi connectivity index (χ2v) is 8.28. The highest BCUT2D eigenvalue weighted by Gasteiger charge is 2.38. The third kappa shape index (κ3) is 3.03. The normalized spacial score (nSPS) is 15.2. The first-order valence-corrected chi connectivity index (χ1v) is 9.30. The van der Waals surface area contributed by atoms with E-state index in [1.54, 1.807) is 13.0 Å². The minimum absolute atomic E-state index is 0.0486. The molecule has 1 aliphatic heterocycles. The molecule has 144 valence electrons. The van der Waals surface area contributed by atoms with Gasteiger partial charge in [-0.2, -0.15) is 10.5 Å². The highest BCUT2D eigenvalue weighted by Crippen LogP contribution is 2.46. The maximum absolute atomic E-state index is 12.6. The average molecular weight is 385 g/mol. The molecule has 6 nitrogen and oxygen atoms in total. The summed E-state index contributed by atoms with van der Waals surface area (Å²) in [6.07, 6.45) is 0. The van der Waals surface area contributed by atoms with Gasteiger partial charge >= 0.3 is 5.63 Å². The standard InChI is InChI=1S/C23H19N3O3/c1-12-7-18-20(22(27)28-12)19(14(10-24)11-25)16-9-13-8-15(23(2,3)4)5-6-17(13)26-21(16)29-18/h5-9,14,19H,1-4H3. The van der Waals surface area contributed by atoms with E-state index in [9.17, 15) is 15.3 Å². The predicted octanol–water partition coefficient (Wildman–Crippen LogP) is 4.69. The molecule has 0 spiro atoms. The lowest BCUT2D eigenvalue weighted by Crippen LogP contribution is -2.25. The van der Waals surface area contributed by atoms with Crippen molar-refractivity contribution in [2.75, 3.05) is 0 Å². The molecule has 3 heterocycles. The Morgan fingerprint density at radius 3 is 2.52 bits per heavy atom. The summed E-state index contributed by atoms with van der Waals surface area (Å²) in [6.45, 7) is 8.01. The Kier molecular flexibility index (Phi) is 4.17. The fraction of sp³-hybridized carbons (Fsp3) is 0.304. The summed E-state index contributed by atoms with van der Waals surface area (Å²) in [7, 11) is 0. The molecule has 1 unspecified atom stereocenters. The number of aromatic nitrogens is 1. The van der Waals surface area contributed by atoms with Crippen LogP contribution in [0.2, 0.25) is 0 Å². The summed E-state index contributed by atoms with van der Waals surface area (Å²) in [6, 6.07) is 13.5. The van der Waals surface area contributed by atoms with Gasteiger partial charge in [-0.05, 0) is 36.1 Å². The Hall–Kier alpha value is -3.64. The maximum atomic E-state index is 12.6. The monoisotopic (exact) mass is 385 g/mol. The maximum Gasteiger partial charge on any atom is 0.343 e. The van der Waals surface area contributed by atoms with Crippen molar-refractivity contribution in [3.63, 3.8) is 0 Å². The van der Waals surface area contributed by atoms with E-state index in [-0.39, 0.29) is 16.7 Å². The van der Waals surface area contributed by atoms with Crippen LogP contribution >= 0.6 is 0 Å². The van der Waals surface area contributed by atoms with Crippen molar-refractivity contribution in [2.24, 2.45) is 5.92 Å². The molecule has 0 aliphatic carbocycles. The molecule has 0 radical (unpaired) electrons. The molecular formula is C23H19N3O3. The molecule has 1 atom stereocenters. The number of hydrogen-bond donors (Lipinski definition) is 0. The SMILES string of the molecule is Cc1cc2c(c(=O)o1)C(C(C#N)C#N)c1cc3cc(C(C)(C)C)ccc3nc1O2. The van der Waals surface area contributed by atoms with E-state index in [2.05, 4.69) is 25.8 Å². The molecule has 0 fully saturated rings. The van der Waals surface area contributed by atoms with Gasteiger partial charge in [-0.15, -0.1) is 0 Å². The van der Waals surface area contributed by atoms with Gasteiger partial charge in [-0.25, -0.2) is 9.78 Å². The Balaban J connectivity index is 2.01. The van der Waals surface area contributed by atoms with Crippen molar-refractivity contribution in [2.45, 2.75) is 39.0 Å². The first kappa shape index (κ1) is 18.7. The summed E-state index contributed by atoms with van der Waals surface area (Å²) in [5.41, 5.74) is 1.95. The fourth-order valence-electron chi connectivity index (χ4n) is 3.69. The fourth-order valence-corrected chi connectivity index (χ4v) is 3.69. The van der Waals surface area contributed by atoms with Gasteiger partial charge in [0.05, 0.1) is 29.1 Å². The molecule has 29 heavy (non-hydrogen) atoms. The van der Waals surface area contributed by atoms with Gasteiger partial charge in [0, 0.05) is 17.0 Å². The van der Waals surface area contributed by atoms with Gasteiger partial charge in [0.25, 0.3) is 0 Å². The molecule has 0 saturated heterocycles. The number of nitrogens with zero attached hydrogens (tertiary/aromatic N) is 3. The van der Waals surface area contributed by atoms with Crippen LogP contribution in [0.5, 0.6) is 11.6 Å². The third-order valence-electron chi connectivity index (χ3n) is 5.21. The molecule has 6 heteroatoms. The van der Waals surface area contributed by atoms with Crippen LogP contribution < -0.4 is 10.4 Å². The zero-order valence-corrected chi connectivity index (χ0v) is 16.6. The third-order valence-corrected chi connectivity index (χ3v) is 5.21. The van der Waals surface area contributed by atoms with Crippen LogP contribution in [0.4, 0.5) is 0 Å². The Bertz CT molecular complexity index is 1270. The van der Waals surface area contributed by atoms with Gasteiger partial charge in [0.2, 0.25) is 5.88 Å². The lowest BCUT2D eigenvalue weighted by molar-refractivity contribution is 0.388. The van der Waals surface area contributed by atoms with Crippen molar-refractivity contribution in [3.8, 4) is 23.8 Å². The molecule has 1 aromatic carbocycles. The molecule has 2 aromatic heterocycles. The van der Waals surface area contributed by atoms with Gasteiger partial charge in [-0.1, -0.05) is 26.8 Å². The van der Waals surface area contributed by atoms with Crippen LogP contribution in [0.25, 0.3) is 10.9 Å². The largest absolute Gasteiger partial charge is 0.438 e. The molecule has 0 bridgehead atoms. The van der Waals surface area contributed by atoms with Crippen LogP contribution in [0, 0.1) is 35.5 Å². The van der Waals surface area contributed by atoms with E-state index in [0.29, 0.717) is 17.2 Å². The summed E-state index contributed by atoms with van der Waals surface area (Å²) in [5.74, 6) is -0.899. The lowest BCUT2D eigenvalue weighted by atomic mass is 9.80. The number of benzene rings is 1. The van der Waals surface area contributed by atoms with E-state index in [4.69, 9.17) is 9.15 Å². The smallest absolute Gasteiger partial charge is 0.343 e. The zero-order valence-electron chi connectivity index (χ0n) is 16.6. The van der Waals surface area contributed by atoms with E-state index in [1.807, 2.05) is 36.4 Å². The van der Waals surface area contributed by atoms with Gasteiger partial charge in [0.1, 0.15) is 17.4 Å². The van der Waals surface area contributed by atoms with Crippen molar-refractivity contribution in [3.05, 3.63) is 63.2 Å². The van der Waals surface area contributed by atoms with Crippen molar-refractivity contribution < 1.29 is 9.15 Å². The number of nitriles is 2. The van der Waals surface area contributed by atoms with Crippen LogP contribution in [-0.4, -0.2) is 4.98 Å². The topological polar surface area (TPSA) is 99.9 Å². The molecule has 0 N–H and O–H groups in total. The molecule has 1 aliphatic rings. The molecule has 3 aromatic rings. The highest BCUT2D eigenvalue weighted by molar-refractivity contribution is 5.82. The number of ether oxygens (including phenoxy) is 1. The first-order valence-electron chi connectivity index (χ1n) is 9.30. The quantitative estimate of drug-likeness (QED) is 0.602.